The van der Waals surface area contributed by atoms with Gasteiger partial charge >= 0.3 is 0 Å². The fourth-order valence-corrected chi connectivity index (χ4v) is 5.63. The molecule has 1 aliphatic carbocycles. The van der Waals surface area contributed by atoms with Gasteiger partial charge in [-0.25, -0.2) is 4.68 Å². The Balaban J connectivity index is 1.57. The van der Waals surface area contributed by atoms with Crippen LogP contribution in [0.25, 0.3) is 10.9 Å². The summed E-state index contributed by atoms with van der Waals surface area (Å²) in [4.78, 5) is 18.8. The Morgan fingerprint density at radius 3 is 2.53 bits per heavy atom. The van der Waals surface area contributed by atoms with Gasteiger partial charge in [0.2, 0.25) is 0 Å². The first kappa shape index (κ1) is 24.4. The third kappa shape index (κ3) is 4.98. The van der Waals surface area contributed by atoms with E-state index in [4.69, 9.17) is 0 Å². The number of H-pyrrole nitrogens is 1. The number of rotatable bonds is 8. The van der Waals surface area contributed by atoms with Crippen molar-refractivity contribution in [1.82, 2.24) is 30.1 Å². The maximum atomic E-state index is 13.2. The number of para-hydroxylation sites is 1. The molecule has 2 aromatic carbocycles. The van der Waals surface area contributed by atoms with E-state index in [1.165, 1.54) is 24.0 Å². The average Bonchev–Trinajstić information content (AvgIpc) is 3.54. The van der Waals surface area contributed by atoms with Gasteiger partial charge in [0.25, 0.3) is 5.56 Å². The first-order chi connectivity index (χ1) is 17.4. The van der Waals surface area contributed by atoms with Crippen LogP contribution >= 0.6 is 0 Å². The number of aromatic amines is 1. The van der Waals surface area contributed by atoms with Crippen LogP contribution in [0.1, 0.15) is 79.7 Å². The Bertz CT molecular complexity index is 1380. The van der Waals surface area contributed by atoms with Crippen molar-refractivity contribution >= 4 is 10.9 Å². The number of aryl methyl sites for hydroxylation is 2. The summed E-state index contributed by atoms with van der Waals surface area (Å²) in [6, 6.07) is 17.1. The second-order valence-corrected chi connectivity index (χ2v) is 10.7. The van der Waals surface area contributed by atoms with E-state index in [1.807, 2.05) is 25.1 Å². The van der Waals surface area contributed by atoms with Gasteiger partial charge < -0.3 is 4.98 Å². The molecular weight excluding hydrogens is 448 g/mol. The first-order valence-corrected chi connectivity index (χ1v) is 13.1. The highest BCUT2D eigenvalue weighted by atomic mass is 16.1. The highest BCUT2D eigenvalue weighted by Gasteiger charge is 2.32. The number of pyridine rings is 1. The monoisotopic (exact) mass is 484 g/mol. The molecule has 1 saturated carbocycles. The molecule has 0 saturated heterocycles. The van der Waals surface area contributed by atoms with Gasteiger partial charge in [-0.3, -0.25) is 9.69 Å². The van der Waals surface area contributed by atoms with Gasteiger partial charge in [0.15, 0.2) is 5.82 Å². The number of nitrogens with one attached hydrogen (secondary N) is 1. The molecule has 0 aliphatic heterocycles. The zero-order valence-electron chi connectivity index (χ0n) is 21.7. The van der Waals surface area contributed by atoms with Gasteiger partial charge in [-0.15, -0.1) is 5.10 Å². The summed E-state index contributed by atoms with van der Waals surface area (Å²) < 4.78 is 2.06. The van der Waals surface area contributed by atoms with Crippen molar-refractivity contribution in [3.05, 3.63) is 87.0 Å². The van der Waals surface area contributed by atoms with Crippen LogP contribution in [0.5, 0.6) is 0 Å². The Labute approximate surface area is 212 Å². The van der Waals surface area contributed by atoms with Crippen molar-refractivity contribution in [1.29, 1.82) is 0 Å². The first-order valence-electron chi connectivity index (χ1n) is 13.1. The summed E-state index contributed by atoms with van der Waals surface area (Å²) in [6.07, 6.45) is 4.67. The Hall–Kier alpha value is -3.32. The van der Waals surface area contributed by atoms with E-state index in [0.29, 0.717) is 19.1 Å². The molecule has 1 N–H and O–H groups in total. The van der Waals surface area contributed by atoms with E-state index in [9.17, 15) is 4.79 Å². The zero-order valence-corrected chi connectivity index (χ0v) is 21.7. The molecule has 0 spiro atoms. The minimum atomic E-state index is -0.0383. The third-order valence-electron chi connectivity index (χ3n) is 7.52. The number of hydrogen-bond donors (Lipinski definition) is 1. The maximum absolute atomic E-state index is 13.2. The van der Waals surface area contributed by atoms with Crippen molar-refractivity contribution in [3.63, 3.8) is 0 Å². The lowest BCUT2D eigenvalue weighted by atomic mass is 9.98. The number of nitrogens with zero attached hydrogens (tertiary/aromatic N) is 5. The highest BCUT2D eigenvalue weighted by Crippen LogP contribution is 2.35. The molecule has 4 aromatic rings. The smallest absolute Gasteiger partial charge is 0.252 e. The van der Waals surface area contributed by atoms with Crippen LogP contribution in [-0.2, 0) is 13.1 Å². The second-order valence-electron chi connectivity index (χ2n) is 10.7. The van der Waals surface area contributed by atoms with Gasteiger partial charge in [-0.05, 0) is 65.6 Å². The Kier molecular flexibility index (Phi) is 7.01. The molecule has 5 rings (SSSR count). The molecule has 1 atom stereocenters. The molecule has 1 fully saturated rings. The van der Waals surface area contributed by atoms with Crippen molar-refractivity contribution in [2.24, 2.45) is 5.92 Å². The van der Waals surface area contributed by atoms with Crippen molar-refractivity contribution < 1.29 is 0 Å². The number of fused-ring (bicyclic) bond motifs is 1. The molecule has 1 aliphatic rings. The molecule has 7 nitrogen and oxygen atoms in total. The molecule has 0 bridgehead atoms. The third-order valence-corrected chi connectivity index (χ3v) is 7.52. The average molecular weight is 485 g/mol. The normalized spacial score (nSPS) is 15.4. The van der Waals surface area contributed by atoms with Crippen LogP contribution in [0.4, 0.5) is 0 Å². The minimum absolute atomic E-state index is 0.0329. The summed E-state index contributed by atoms with van der Waals surface area (Å²) in [5.41, 5.74) is 5.14. The van der Waals surface area contributed by atoms with Crippen molar-refractivity contribution in [2.45, 2.75) is 78.6 Å². The zero-order chi connectivity index (χ0) is 25.2. The molecule has 188 valence electrons. The predicted molar refractivity (Wildman–Crippen MR) is 143 cm³/mol. The standard InChI is InChI=1S/C29H36N6O/c1-19(2)27(28-31-32-33-35(28)25-10-5-6-11-25)34(17-22-14-12-20(3)13-15-22)18-24-16-23-9-7-8-21(4)26(23)30-29(24)36/h7-9,12-16,19,25,27H,5-6,10-11,17-18H2,1-4H3,(H,30,36)/t27-/m1/s1. The summed E-state index contributed by atoms with van der Waals surface area (Å²) in [7, 11) is 0. The molecule has 0 radical (unpaired) electrons. The van der Waals surface area contributed by atoms with E-state index in [2.05, 4.69) is 81.2 Å². The summed E-state index contributed by atoms with van der Waals surface area (Å²) >= 11 is 0. The van der Waals surface area contributed by atoms with Crippen LogP contribution < -0.4 is 5.56 Å². The number of benzene rings is 2. The molecule has 2 heterocycles. The highest BCUT2D eigenvalue weighted by molar-refractivity contribution is 5.81. The molecular formula is C29H36N6O. The second kappa shape index (κ2) is 10.3. The molecule has 7 heteroatoms. The lowest BCUT2D eigenvalue weighted by Gasteiger charge is -2.34. The number of tetrazole rings is 1. The van der Waals surface area contributed by atoms with E-state index in [0.717, 1.165) is 40.7 Å². The summed E-state index contributed by atoms with van der Waals surface area (Å²) in [5.74, 6) is 1.15. The van der Waals surface area contributed by atoms with Crippen LogP contribution in [0.15, 0.2) is 53.3 Å². The van der Waals surface area contributed by atoms with E-state index in [1.54, 1.807) is 0 Å². The minimum Gasteiger partial charge on any atom is -0.321 e. The molecule has 2 aromatic heterocycles. The Morgan fingerprint density at radius 2 is 1.81 bits per heavy atom. The van der Waals surface area contributed by atoms with Gasteiger partial charge in [0, 0.05) is 18.7 Å². The fourth-order valence-electron chi connectivity index (χ4n) is 5.63. The largest absolute Gasteiger partial charge is 0.321 e. The quantitative estimate of drug-likeness (QED) is 0.350. The van der Waals surface area contributed by atoms with E-state index >= 15 is 0 Å². The molecule has 0 unspecified atom stereocenters. The number of hydrogen-bond acceptors (Lipinski definition) is 5. The van der Waals surface area contributed by atoms with Gasteiger partial charge in [0.05, 0.1) is 17.6 Å². The summed E-state index contributed by atoms with van der Waals surface area (Å²) in [5, 5.41) is 14.2. The van der Waals surface area contributed by atoms with Crippen LogP contribution in [0.2, 0.25) is 0 Å². The molecule has 36 heavy (non-hydrogen) atoms. The lowest BCUT2D eigenvalue weighted by molar-refractivity contribution is 0.123. The van der Waals surface area contributed by atoms with Gasteiger partial charge in [0.1, 0.15) is 0 Å². The predicted octanol–water partition coefficient (Wildman–Crippen LogP) is 5.65. The summed E-state index contributed by atoms with van der Waals surface area (Å²) in [6.45, 7) is 9.77. The maximum Gasteiger partial charge on any atom is 0.252 e. The van der Waals surface area contributed by atoms with Crippen LogP contribution in [0.3, 0.4) is 0 Å². The Morgan fingerprint density at radius 1 is 1.06 bits per heavy atom. The van der Waals surface area contributed by atoms with Crippen LogP contribution in [-0.4, -0.2) is 30.1 Å². The van der Waals surface area contributed by atoms with Gasteiger partial charge in [-0.1, -0.05) is 74.7 Å². The van der Waals surface area contributed by atoms with Crippen LogP contribution in [0, 0.1) is 19.8 Å². The van der Waals surface area contributed by atoms with E-state index < -0.39 is 0 Å². The van der Waals surface area contributed by atoms with Crippen molar-refractivity contribution in [3.8, 4) is 0 Å². The topological polar surface area (TPSA) is 79.7 Å². The SMILES string of the molecule is Cc1ccc(CN(Cc2cc3cccc(C)c3[nH]c2=O)[C@@H](c2nnnn2C2CCCC2)C(C)C)cc1. The molecule has 0 amide bonds. The van der Waals surface area contributed by atoms with Gasteiger partial charge in [-0.2, -0.15) is 0 Å². The van der Waals surface area contributed by atoms with Crippen molar-refractivity contribution in [2.75, 3.05) is 0 Å². The number of aromatic nitrogens is 5. The lowest BCUT2D eigenvalue weighted by Crippen LogP contribution is -2.35. The van der Waals surface area contributed by atoms with E-state index in [-0.39, 0.29) is 17.5 Å². The fraction of sp³-hybridized carbons (Fsp3) is 0.448.